The maximum Gasteiger partial charge on any atom is 0.255 e. The highest BCUT2D eigenvalue weighted by molar-refractivity contribution is 5.93. The number of carbonyl (C=O) groups excluding carboxylic acids is 1. The third-order valence-electron chi connectivity index (χ3n) is 3.03. The zero-order valence-corrected chi connectivity index (χ0v) is 12.0. The Kier molecular flexibility index (Phi) is 7.91. The molecule has 1 aliphatic heterocycles. The van der Waals surface area contributed by atoms with Crippen LogP contribution in [0.2, 0.25) is 0 Å². The van der Waals surface area contributed by atoms with E-state index in [1.54, 1.807) is 18.5 Å². The van der Waals surface area contributed by atoms with Crippen LogP contribution in [0.5, 0.6) is 0 Å². The maximum absolute atomic E-state index is 12.1. The minimum absolute atomic E-state index is 0. The number of hydrogen-bond donors (Lipinski definition) is 1. The molecule has 1 N–H and O–H groups in total. The number of aromatic nitrogens is 1. The number of nitrogens with one attached hydrogen (secondary N) is 1. The first-order valence-electron chi connectivity index (χ1n) is 5.68. The maximum atomic E-state index is 12.1. The molecule has 1 aliphatic rings. The summed E-state index contributed by atoms with van der Waals surface area (Å²) in [6.07, 6.45) is 5.53. The molecule has 4 nitrogen and oxygen atoms in total. The lowest BCUT2D eigenvalue weighted by atomic mass is 10.1. The third kappa shape index (κ3) is 4.12. The van der Waals surface area contributed by atoms with Gasteiger partial charge < -0.3 is 10.2 Å². The van der Waals surface area contributed by atoms with Crippen molar-refractivity contribution in [2.45, 2.75) is 18.9 Å². The van der Waals surface area contributed by atoms with Crippen LogP contribution in [-0.2, 0) is 0 Å². The summed E-state index contributed by atoms with van der Waals surface area (Å²) in [4.78, 5) is 18.0. The number of nitrogens with zero attached hydrogens (tertiary/aromatic N) is 2. The molecule has 1 saturated heterocycles. The number of halogens is 2. The van der Waals surface area contributed by atoms with E-state index in [0.717, 1.165) is 25.9 Å². The zero-order valence-electron chi connectivity index (χ0n) is 10.3. The Morgan fingerprint density at radius 1 is 1.50 bits per heavy atom. The average Bonchev–Trinajstić information content (AvgIpc) is 2.39. The van der Waals surface area contributed by atoms with Gasteiger partial charge in [0.15, 0.2) is 0 Å². The molecule has 1 atom stereocenters. The molecular formula is C12H19Cl2N3O. The van der Waals surface area contributed by atoms with Crippen molar-refractivity contribution in [1.29, 1.82) is 0 Å². The number of carbonyl (C=O) groups is 1. The van der Waals surface area contributed by atoms with Crippen LogP contribution in [0.4, 0.5) is 0 Å². The van der Waals surface area contributed by atoms with Gasteiger partial charge in [0.05, 0.1) is 5.56 Å². The number of hydrogen-bond acceptors (Lipinski definition) is 3. The summed E-state index contributed by atoms with van der Waals surface area (Å²) in [5.74, 6) is 0.0908. The summed E-state index contributed by atoms with van der Waals surface area (Å²) in [6.45, 7) is 1.65. The molecule has 0 saturated carbocycles. The lowest BCUT2D eigenvalue weighted by Crippen LogP contribution is -2.46. The molecule has 2 rings (SSSR count). The van der Waals surface area contributed by atoms with E-state index >= 15 is 0 Å². The van der Waals surface area contributed by atoms with Gasteiger partial charge in [-0.1, -0.05) is 0 Å². The second kappa shape index (κ2) is 8.29. The number of rotatable bonds is 2. The summed E-state index contributed by atoms with van der Waals surface area (Å²) >= 11 is 0. The number of likely N-dealkylation sites (N-methyl/N-ethyl adjacent to an activating group) is 1. The first-order valence-corrected chi connectivity index (χ1v) is 5.68. The fourth-order valence-corrected chi connectivity index (χ4v) is 2.07. The standard InChI is InChI=1S/C12H17N3O.2ClH/c1-13-11-5-3-7-15(9-11)12(16)10-4-2-6-14-8-10;;/h2,4,6,8,11,13H,3,5,7,9H2,1H3;2*1H. The molecule has 1 amide bonds. The number of likely N-dealkylation sites (tertiary alicyclic amines) is 1. The summed E-state index contributed by atoms with van der Waals surface area (Å²) in [5, 5.41) is 3.23. The minimum atomic E-state index is 0. The normalized spacial score (nSPS) is 18.5. The molecule has 1 fully saturated rings. The van der Waals surface area contributed by atoms with Crippen LogP contribution < -0.4 is 5.32 Å². The summed E-state index contributed by atoms with van der Waals surface area (Å²) in [7, 11) is 1.95. The van der Waals surface area contributed by atoms with E-state index in [9.17, 15) is 4.79 Å². The predicted octanol–water partition coefficient (Wildman–Crippen LogP) is 1.75. The highest BCUT2D eigenvalue weighted by atomic mass is 35.5. The number of piperidine rings is 1. The summed E-state index contributed by atoms with van der Waals surface area (Å²) in [6, 6.07) is 4.04. The van der Waals surface area contributed by atoms with Crippen LogP contribution in [0, 0.1) is 0 Å². The van der Waals surface area contributed by atoms with Crippen molar-refractivity contribution in [2.75, 3.05) is 20.1 Å². The largest absolute Gasteiger partial charge is 0.337 e. The van der Waals surface area contributed by atoms with Gasteiger partial charge >= 0.3 is 0 Å². The van der Waals surface area contributed by atoms with Crippen LogP contribution in [0.25, 0.3) is 0 Å². The van der Waals surface area contributed by atoms with Gasteiger partial charge in [-0.3, -0.25) is 9.78 Å². The van der Waals surface area contributed by atoms with Gasteiger partial charge in [-0.15, -0.1) is 24.8 Å². The molecule has 1 unspecified atom stereocenters. The number of pyridine rings is 1. The van der Waals surface area contributed by atoms with Crippen LogP contribution in [0.1, 0.15) is 23.2 Å². The molecule has 0 radical (unpaired) electrons. The van der Waals surface area contributed by atoms with Crippen LogP contribution in [0.3, 0.4) is 0 Å². The van der Waals surface area contributed by atoms with Gasteiger partial charge in [0.2, 0.25) is 0 Å². The van der Waals surface area contributed by atoms with E-state index < -0.39 is 0 Å². The Morgan fingerprint density at radius 2 is 2.28 bits per heavy atom. The molecule has 0 spiro atoms. The van der Waals surface area contributed by atoms with Crippen LogP contribution in [-0.4, -0.2) is 42.0 Å². The summed E-state index contributed by atoms with van der Waals surface area (Å²) < 4.78 is 0. The van der Waals surface area contributed by atoms with Gasteiger partial charge in [-0.05, 0) is 32.0 Å². The third-order valence-corrected chi connectivity index (χ3v) is 3.03. The predicted molar refractivity (Wildman–Crippen MR) is 76.7 cm³/mol. The average molecular weight is 292 g/mol. The highest BCUT2D eigenvalue weighted by Crippen LogP contribution is 2.12. The van der Waals surface area contributed by atoms with E-state index in [4.69, 9.17) is 0 Å². The van der Waals surface area contributed by atoms with Crippen LogP contribution >= 0.6 is 24.8 Å². The zero-order chi connectivity index (χ0) is 11.4. The van der Waals surface area contributed by atoms with E-state index in [2.05, 4.69) is 10.3 Å². The summed E-state index contributed by atoms with van der Waals surface area (Å²) in [5.41, 5.74) is 0.680. The van der Waals surface area contributed by atoms with Gasteiger partial charge in [-0.2, -0.15) is 0 Å². The molecule has 2 heterocycles. The van der Waals surface area contributed by atoms with Gasteiger partial charge in [0.1, 0.15) is 0 Å². The molecule has 0 aromatic carbocycles. The van der Waals surface area contributed by atoms with Gasteiger partial charge in [0, 0.05) is 31.5 Å². The van der Waals surface area contributed by atoms with Crippen molar-refractivity contribution >= 4 is 30.7 Å². The SMILES string of the molecule is CNC1CCCN(C(=O)c2cccnc2)C1.Cl.Cl. The van der Waals surface area contributed by atoms with Crippen molar-refractivity contribution in [3.8, 4) is 0 Å². The van der Waals surface area contributed by atoms with Crippen LogP contribution in [0.15, 0.2) is 24.5 Å². The molecular weight excluding hydrogens is 273 g/mol. The first-order chi connectivity index (χ1) is 7.81. The highest BCUT2D eigenvalue weighted by Gasteiger charge is 2.23. The molecule has 0 aliphatic carbocycles. The first kappa shape index (κ1) is 17.2. The van der Waals surface area contributed by atoms with E-state index in [1.165, 1.54) is 0 Å². The smallest absolute Gasteiger partial charge is 0.255 e. The topological polar surface area (TPSA) is 45.2 Å². The fourth-order valence-electron chi connectivity index (χ4n) is 2.07. The van der Waals surface area contributed by atoms with Crippen molar-refractivity contribution in [1.82, 2.24) is 15.2 Å². The Balaban J connectivity index is 0.00000144. The van der Waals surface area contributed by atoms with Crippen molar-refractivity contribution in [3.05, 3.63) is 30.1 Å². The lowest BCUT2D eigenvalue weighted by Gasteiger charge is -2.32. The second-order valence-electron chi connectivity index (χ2n) is 4.12. The molecule has 18 heavy (non-hydrogen) atoms. The van der Waals surface area contributed by atoms with Crippen molar-refractivity contribution in [3.63, 3.8) is 0 Å². The Hall–Kier alpha value is -0.840. The second-order valence-corrected chi connectivity index (χ2v) is 4.12. The Morgan fingerprint density at radius 3 is 2.89 bits per heavy atom. The number of amides is 1. The fraction of sp³-hybridized carbons (Fsp3) is 0.500. The van der Waals surface area contributed by atoms with Gasteiger partial charge in [0.25, 0.3) is 5.91 Å². The molecule has 0 bridgehead atoms. The molecule has 1 aromatic rings. The Labute approximate surface area is 120 Å². The quantitative estimate of drug-likeness (QED) is 0.903. The lowest BCUT2D eigenvalue weighted by molar-refractivity contribution is 0.0698. The molecule has 6 heteroatoms. The van der Waals surface area contributed by atoms with E-state index in [1.807, 2.05) is 18.0 Å². The minimum Gasteiger partial charge on any atom is -0.337 e. The van der Waals surface area contributed by atoms with Gasteiger partial charge in [-0.25, -0.2) is 0 Å². The molecule has 102 valence electrons. The molecule has 1 aromatic heterocycles. The van der Waals surface area contributed by atoms with E-state index in [0.29, 0.717) is 11.6 Å². The Bertz CT molecular complexity index is 362. The van der Waals surface area contributed by atoms with E-state index in [-0.39, 0.29) is 30.7 Å². The van der Waals surface area contributed by atoms with Crippen molar-refractivity contribution in [2.24, 2.45) is 0 Å². The van der Waals surface area contributed by atoms with Crippen molar-refractivity contribution < 1.29 is 4.79 Å². The monoisotopic (exact) mass is 291 g/mol.